The van der Waals surface area contributed by atoms with Gasteiger partial charge in [0.25, 0.3) is 0 Å². The molecule has 1 N–H and O–H groups in total. The zero-order valence-electron chi connectivity index (χ0n) is 12.7. The van der Waals surface area contributed by atoms with Crippen molar-refractivity contribution in [3.63, 3.8) is 0 Å². The van der Waals surface area contributed by atoms with E-state index in [-0.39, 0.29) is 0 Å². The molecule has 108 valence electrons. The molecule has 0 amide bonds. The molecule has 1 aromatic carbocycles. The first-order valence-corrected chi connectivity index (χ1v) is 7.86. The molecule has 0 spiro atoms. The summed E-state index contributed by atoms with van der Waals surface area (Å²) >= 11 is 6.07. The molecule has 1 nitrogen and oxygen atoms in total. The second-order valence-electron chi connectivity index (χ2n) is 6.01. The summed E-state index contributed by atoms with van der Waals surface area (Å²) in [5.41, 5.74) is 1.35. The summed E-state index contributed by atoms with van der Waals surface area (Å²) in [4.78, 5) is 0. The summed E-state index contributed by atoms with van der Waals surface area (Å²) in [6.07, 6.45) is 3.65. The van der Waals surface area contributed by atoms with Crippen molar-refractivity contribution in [3.8, 4) is 0 Å². The summed E-state index contributed by atoms with van der Waals surface area (Å²) < 4.78 is 0. The second-order valence-corrected chi connectivity index (χ2v) is 6.45. The highest BCUT2D eigenvalue weighted by molar-refractivity contribution is 6.30. The van der Waals surface area contributed by atoms with Crippen molar-refractivity contribution < 1.29 is 0 Å². The van der Waals surface area contributed by atoms with E-state index in [1.807, 2.05) is 12.1 Å². The van der Waals surface area contributed by atoms with Crippen molar-refractivity contribution in [3.05, 3.63) is 34.9 Å². The predicted molar refractivity (Wildman–Crippen MR) is 85.9 cm³/mol. The van der Waals surface area contributed by atoms with E-state index in [2.05, 4.69) is 45.1 Å². The third kappa shape index (κ3) is 6.98. The first kappa shape index (κ1) is 16.5. The van der Waals surface area contributed by atoms with Crippen molar-refractivity contribution in [2.24, 2.45) is 11.8 Å². The molecule has 0 aliphatic carbocycles. The summed E-state index contributed by atoms with van der Waals surface area (Å²) in [5.74, 6) is 1.48. The molecule has 0 heterocycles. The van der Waals surface area contributed by atoms with Gasteiger partial charge in [0, 0.05) is 11.1 Å². The molecule has 0 saturated carbocycles. The van der Waals surface area contributed by atoms with Crippen LogP contribution in [0.25, 0.3) is 0 Å². The molecular formula is C17H28ClN. The summed E-state index contributed by atoms with van der Waals surface area (Å²) in [6, 6.07) is 8.83. The average Bonchev–Trinajstić information content (AvgIpc) is 2.35. The van der Waals surface area contributed by atoms with E-state index < -0.39 is 0 Å². The van der Waals surface area contributed by atoms with Gasteiger partial charge in [0.05, 0.1) is 0 Å². The Balaban J connectivity index is 2.61. The molecule has 2 atom stereocenters. The molecule has 0 bridgehead atoms. The van der Waals surface area contributed by atoms with E-state index in [0.717, 1.165) is 23.9 Å². The molecule has 1 rings (SSSR count). The predicted octanol–water partition coefficient (Wildman–Crippen LogP) is 4.93. The fourth-order valence-electron chi connectivity index (χ4n) is 2.37. The summed E-state index contributed by atoms with van der Waals surface area (Å²) in [5, 5.41) is 4.42. The number of benzene rings is 1. The molecule has 1 aromatic rings. The Morgan fingerprint density at radius 3 is 2.53 bits per heavy atom. The molecule has 0 aromatic heterocycles. The molecular weight excluding hydrogens is 254 g/mol. The largest absolute Gasteiger partial charge is 0.314 e. The van der Waals surface area contributed by atoms with Gasteiger partial charge in [-0.25, -0.2) is 0 Å². The molecule has 19 heavy (non-hydrogen) atoms. The van der Waals surface area contributed by atoms with Gasteiger partial charge in [0.15, 0.2) is 0 Å². The molecule has 2 heteroatoms. The van der Waals surface area contributed by atoms with Crippen LogP contribution in [0.2, 0.25) is 5.02 Å². The van der Waals surface area contributed by atoms with Gasteiger partial charge in [-0.05, 0) is 48.9 Å². The monoisotopic (exact) mass is 281 g/mol. The zero-order chi connectivity index (χ0) is 14.3. The Hall–Kier alpha value is -0.530. The van der Waals surface area contributed by atoms with E-state index in [4.69, 9.17) is 11.6 Å². The summed E-state index contributed by atoms with van der Waals surface area (Å²) in [6.45, 7) is 10.1. The van der Waals surface area contributed by atoms with Gasteiger partial charge in [0.2, 0.25) is 0 Å². The smallest absolute Gasteiger partial charge is 0.0408 e. The van der Waals surface area contributed by atoms with Crippen molar-refractivity contribution in [1.82, 2.24) is 5.32 Å². The van der Waals surface area contributed by atoms with Crippen LogP contribution in [0.15, 0.2) is 24.3 Å². The quantitative estimate of drug-likeness (QED) is 0.712. The molecule has 2 unspecified atom stereocenters. The number of rotatable bonds is 8. The van der Waals surface area contributed by atoms with Crippen LogP contribution in [0.4, 0.5) is 0 Å². The van der Waals surface area contributed by atoms with Crippen LogP contribution in [-0.4, -0.2) is 12.6 Å². The highest BCUT2D eigenvalue weighted by Crippen LogP contribution is 2.21. The Kier molecular flexibility index (Phi) is 7.48. The van der Waals surface area contributed by atoms with Gasteiger partial charge < -0.3 is 5.32 Å². The van der Waals surface area contributed by atoms with E-state index in [0.29, 0.717) is 12.0 Å². The molecule has 0 aliphatic rings. The fourth-order valence-corrected chi connectivity index (χ4v) is 2.59. The van der Waals surface area contributed by atoms with Crippen molar-refractivity contribution >= 4 is 11.6 Å². The van der Waals surface area contributed by atoms with E-state index in [1.54, 1.807) is 0 Å². The fraction of sp³-hybridized carbons (Fsp3) is 0.647. The van der Waals surface area contributed by atoms with Crippen LogP contribution in [0.3, 0.4) is 0 Å². The lowest BCUT2D eigenvalue weighted by molar-refractivity contribution is 0.354. The maximum Gasteiger partial charge on any atom is 0.0408 e. The highest BCUT2D eigenvalue weighted by Gasteiger charge is 2.14. The standard InChI is InChI=1S/C17H28ClN/c1-5-14(4)9-16(12-19-13(2)3)10-15-7-6-8-17(18)11-15/h6-8,11,13-14,16,19H,5,9-10,12H2,1-4H3. The van der Waals surface area contributed by atoms with Gasteiger partial charge in [-0.2, -0.15) is 0 Å². The molecule has 0 saturated heterocycles. The normalized spacial score (nSPS) is 14.6. The third-order valence-corrected chi connectivity index (χ3v) is 3.90. The van der Waals surface area contributed by atoms with Crippen LogP contribution < -0.4 is 5.32 Å². The minimum atomic E-state index is 0.554. The highest BCUT2D eigenvalue weighted by atomic mass is 35.5. The number of hydrogen-bond acceptors (Lipinski definition) is 1. The van der Waals surface area contributed by atoms with E-state index in [1.165, 1.54) is 18.4 Å². The van der Waals surface area contributed by atoms with Crippen LogP contribution >= 0.6 is 11.6 Å². The van der Waals surface area contributed by atoms with Crippen molar-refractivity contribution in [1.29, 1.82) is 0 Å². The Labute approximate surface area is 123 Å². The molecule has 0 fully saturated rings. The molecule has 0 aliphatic heterocycles. The van der Waals surface area contributed by atoms with Gasteiger partial charge in [-0.1, -0.05) is 57.8 Å². The van der Waals surface area contributed by atoms with Crippen LogP contribution in [0.1, 0.15) is 46.1 Å². The number of nitrogens with one attached hydrogen (secondary N) is 1. The Morgan fingerprint density at radius 1 is 1.21 bits per heavy atom. The second kappa shape index (κ2) is 8.60. The Morgan fingerprint density at radius 2 is 1.95 bits per heavy atom. The third-order valence-electron chi connectivity index (χ3n) is 3.66. The number of halogens is 1. The first-order valence-electron chi connectivity index (χ1n) is 7.49. The number of hydrogen-bond donors (Lipinski definition) is 1. The maximum atomic E-state index is 6.07. The average molecular weight is 282 g/mol. The van der Waals surface area contributed by atoms with Crippen LogP contribution in [0.5, 0.6) is 0 Å². The van der Waals surface area contributed by atoms with Gasteiger partial charge in [-0.15, -0.1) is 0 Å². The van der Waals surface area contributed by atoms with Crippen molar-refractivity contribution in [2.45, 2.75) is 53.0 Å². The topological polar surface area (TPSA) is 12.0 Å². The van der Waals surface area contributed by atoms with E-state index >= 15 is 0 Å². The molecule has 0 radical (unpaired) electrons. The minimum Gasteiger partial charge on any atom is -0.314 e. The van der Waals surface area contributed by atoms with Crippen LogP contribution in [0, 0.1) is 11.8 Å². The zero-order valence-corrected chi connectivity index (χ0v) is 13.5. The SMILES string of the molecule is CCC(C)CC(CNC(C)C)Cc1cccc(Cl)c1. The van der Waals surface area contributed by atoms with Crippen molar-refractivity contribution in [2.75, 3.05) is 6.54 Å². The maximum absolute atomic E-state index is 6.07. The lowest BCUT2D eigenvalue weighted by atomic mass is 9.89. The minimum absolute atomic E-state index is 0.554. The lowest BCUT2D eigenvalue weighted by Crippen LogP contribution is -2.30. The van der Waals surface area contributed by atoms with Gasteiger partial charge >= 0.3 is 0 Å². The van der Waals surface area contributed by atoms with Crippen LogP contribution in [-0.2, 0) is 6.42 Å². The van der Waals surface area contributed by atoms with E-state index in [9.17, 15) is 0 Å². The Bertz CT molecular complexity index is 362. The lowest BCUT2D eigenvalue weighted by Gasteiger charge is -2.22. The summed E-state index contributed by atoms with van der Waals surface area (Å²) in [7, 11) is 0. The van der Waals surface area contributed by atoms with Gasteiger partial charge in [0.1, 0.15) is 0 Å². The van der Waals surface area contributed by atoms with Gasteiger partial charge in [-0.3, -0.25) is 0 Å². The first-order chi connectivity index (χ1) is 9.01.